The summed E-state index contributed by atoms with van der Waals surface area (Å²) in [5.41, 5.74) is 2.35. The second kappa shape index (κ2) is 7.79. The summed E-state index contributed by atoms with van der Waals surface area (Å²) in [5, 5.41) is 6.09. The molecular weight excluding hydrogens is 238 g/mol. The molecule has 0 spiro atoms. The molecule has 19 heavy (non-hydrogen) atoms. The SMILES string of the molecule is CCN(CC(=O)NC)c1ccccc1CNC(C)C. The average Bonchev–Trinajstić information content (AvgIpc) is 2.42. The Labute approximate surface area is 116 Å². The molecule has 0 radical (unpaired) electrons. The van der Waals surface area contributed by atoms with Gasteiger partial charge in [-0.15, -0.1) is 0 Å². The van der Waals surface area contributed by atoms with Gasteiger partial charge in [0.15, 0.2) is 0 Å². The van der Waals surface area contributed by atoms with Gasteiger partial charge >= 0.3 is 0 Å². The van der Waals surface area contributed by atoms with Crippen molar-refractivity contribution in [2.45, 2.75) is 33.4 Å². The van der Waals surface area contributed by atoms with Crippen molar-refractivity contribution >= 4 is 11.6 Å². The molecule has 1 aromatic carbocycles. The number of likely N-dealkylation sites (N-methyl/N-ethyl adjacent to an activating group) is 2. The Bertz CT molecular complexity index is 404. The lowest BCUT2D eigenvalue weighted by Crippen LogP contribution is -2.36. The Kier molecular flexibility index (Phi) is 6.36. The standard InChI is InChI=1S/C15H25N3O/c1-5-18(11-15(19)16-4)14-9-7-6-8-13(14)10-17-12(2)3/h6-9,12,17H,5,10-11H2,1-4H3,(H,16,19). The van der Waals surface area contributed by atoms with Crippen molar-refractivity contribution in [3.05, 3.63) is 29.8 Å². The van der Waals surface area contributed by atoms with Gasteiger partial charge in [-0.25, -0.2) is 0 Å². The highest BCUT2D eigenvalue weighted by Gasteiger charge is 2.12. The van der Waals surface area contributed by atoms with E-state index in [1.165, 1.54) is 5.56 Å². The summed E-state index contributed by atoms with van der Waals surface area (Å²) in [4.78, 5) is 13.7. The molecule has 1 aromatic rings. The van der Waals surface area contributed by atoms with Gasteiger partial charge in [0.2, 0.25) is 5.91 Å². The first-order valence-electron chi connectivity index (χ1n) is 6.85. The van der Waals surface area contributed by atoms with E-state index < -0.39 is 0 Å². The molecular formula is C15H25N3O. The largest absolute Gasteiger partial charge is 0.362 e. The predicted molar refractivity (Wildman–Crippen MR) is 80.4 cm³/mol. The molecule has 0 fully saturated rings. The van der Waals surface area contributed by atoms with Crippen LogP contribution in [0.1, 0.15) is 26.3 Å². The first-order valence-corrected chi connectivity index (χ1v) is 6.85. The Morgan fingerprint density at radius 1 is 1.32 bits per heavy atom. The number of hydrogen-bond donors (Lipinski definition) is 2. The van der Waals surface area contributed by atoms with Crippen LogP contribution in [0.15, 0.2) is 24.3 Å². The van der Waals surface area contributed by atoms with Gasteiger partial charge in [0, 0.05) is 31.9 Å². The number of hydrogen-bond acceptors (Lipinski definition) is 3. The van der Waals surface area contributed by atoms with Gasteiger partial charge in [-0.05, 0) is 18.6 Å². The third-order valence-corrected chi connectivity index (χ3v) is 3.03. The summed E-state index contributed by atoms with van der Waals surface area (Å²) in [6.45, 7) is 8.35. The average molecular weight is 263 g/mol. The van der Waals surface area contributed by atoms with Gasteiger partial charge in [0.25, 0.3) is 0 Å². The first-order chi connectivity index (χ1) is 9.08. The third kappa shape index (κ3) is 4.91. The molecule has 0 aliphatic carbocycles. The number of rotatable bonds is 7. The molecule has 0 aliphatic rings. The maximum Gasteiger partial charge on any atom is 0.239 e. The number of carbonyl (C=O) groups is 1. The van der Waals surface area contributed by atoms with Crippen LogP contribution < -0.4 is 15.5 Å². The van der Waals surface area contributed by atoms with E-state index in [2.05, 4.69) is 48.4 Å². The molecule has 1 rings (SSSR count). The lowest BCUT2D eigenvalue weighted by molar-refractivity contribution is -0.119. The van der Waals surface area contributed by atoms with E-state index in [0.717, 1.165) is 18.8 Å². The maximum atomic E-state index is 11.6. The van der Waals surface area contributed by atoms with Crippen molar-refractivity contribution in [1.82, 2.24) is 10.6 Å². The van der Waals surface area contributed by atoms with Crippen LogP contribution in [0.2, 0.25) is 0 Å². The maximum absolute atomic E-state index is 11.6. The summed E-state index contributed by atoms with van der Waals surface area (Å²) < 4.78 is 0. The zero-order valence-electron chi connectivity index (χ0n) is 12.4. The van der Waals surface area contributed by atoms with Gasteiger partial charge in [-0.2, -0.15) is 0 Å². The molecule has 2 N–H and O–H groups in total. The summed E-state index contributed by atoms with van der Waals surface area (Å²) in [7, 11) is 1.67. The molecule has 0 aliphatic heterocycles. The van der Waals surface area contributed by atoms with Gasteiger partial charge < -0.3 is 15.5 Å². The fourth-order valence-corrected chi connectivity index (χ4v) is 1.90. The van der Waals surface area contributed by atoms with Crippen LogP contribution in [0.4, 0.5) is 5.69 Å². The minimum absolute atomic E-state index is 0.0356. The molecule has 0 unspecified atom stereocenters. The van der Waals surface area contributed by atoms with Crippen LogP contribution >= 0.6 is 0 Å². The molecule has 0 heterocycles. The van der Waals surface area contributed by atoms with E-state index in [1.54, 1.807) is 7.05 Å². The number of para-hydroxylation sites is 1. The monoisotopic (exact) mass is 263 g/mol. The summed E-state index contributed by atoms with van der Waals surface area (Å²) >= 11 is 0. The first kappa shape index (κ1) is 15.5. The Balaban J connectivity index is 2.86. The summed E-state index contributed by atoms with van der Waals surface area (Å²) in [6.07, 6.45) is 0. The third-order valence-electron chi connectivity index (χ3n) is 3.03. The number of nitrogens with zero attached hydrogens (tertiary/aromatic N) is 1. The number of anilines is 1. The van der Waals surface area contributed by atoms with Crippen LogP contribution in [-0.2, 0) is 11.3 Å². The lowest BCUT2D eigenvalue weighted by atomic mass is 10.1. The molecule has 1 amide bonds. The number of carbonyl (C=O) groups excluding carboxylic acids is 1. The van der Waals surface area contributed by atoms with Crippen LogP contribution in [-0.4, -0.2) is 32.1 Å². The van der Waals surface area contributed by atoms with Gasteiger partial charge in [0.05, 0.1) is 6.54 Å². The molecule has 4 heteroatoms. The van der Waals surface area contributed by atoms with Gasteiger partial charge in [-0.1, -0.05) is 32.0 Å². The highest BCUT2D eigenvalue weighted by atomic mass is 16.1. The Morgan fingerprint density at radius 2 is 2.00 bits per heavy atom. The predicted octanol–water partition coefficient (Wildman–Crippen LogP) is 1.76. The normalized spacial score (nSPS) is 10.6. The van der Waals surface area contributed by atoms with Crippen molar-refractivity contribution < 1.29 is 4.79 Å². The highest BCUT2D eigenvalue weighted by molar-refractivity contribution is 5.81. The van der Waals surface area contributed by atoms with Crippen LogP contribution in [0.25, 0.3) is 0 Å². The van der Waals surface area contributed by atoms with Crippen molar-refractivity contribution in [2.75, 3.05) is 25.0 Å². The van der Waals surface area contributed by atoms with Crippen LogP contribution in [0, 0.1) is 0 Å². The molecule has 0 saturated carbocycles. The molecule has 4 nitrogen and oxygen atoms in total. The van der Waals surface area contributed by atoms with E-state index in [9.17, 15) is 4.79 Å². The molecule has 0 saturated heterocycles. The zero-order chi connectivity index (χ0) is 14.3. The van der Waals surface area contributed by atoms with Gasteiger partial charge in [0.1, 0.15) is 0 Å². The van der Waals surface area contributed by atoms with Crippen LogP contribution in [0.3, 0.4) is 0 Å². The lowest BCUT2D eigenvalue weighted by Gasteiger charge is -2.25. The number of amides is 1. The molecule has 0 bridgehead atoms. The molecule has 0 aromatic heterocycles. The fraction of sp³-hybridized carbons (Fsp3) is 0.533. The van der Waals surface area contributed by atoms with Crippen LogP contribution in [0.5, 0.6) is 0 Å². The minimum atomic E-state index is 0.0356. The zero-order valence-corrected chi connectivity index (χ0v) is 12.4. The number of benzene rings is 1. The van der Waals surface area contributed by atoms with Crippen molar-refractivity contribution in [3.63, 3.8) is 0 Å². The number of nitrogens with one attached hydrogen (secondary N) is 2. The van der Waals surface area contributed by atoms with Gasteiger partial charge in [-0.3, -0.25) is 4.79 Å². The molecule has 106 valence electrons. The van der Waals surface area contributed by atoms with Crippen molar-refractivity contribution in [3.8, 4) is 0 Å². The second-order valence-electron chi connectivity index (χ2n) is 4.85. The smallest absolute Gasteiger partial charge is 0.239 e. The summed E-state index contributed by atoms with van der Waals surface area (Å²) in [6, 6.07) is 8.68. The Hall–Kier alpha value is -1.55. The Morgan fingerprint density at radius 3 is 2.58 bits per heavy atom. The van der Waals surface area contributed by atoms with E-state index >= 15 is 0 Å². The molecule has 0 atom stereocenters. The minimum Gasteiger partial charge on any atom is -0.362 e. The van der Waals surface area contributed by atoms with E-state index in [0.29, 0.717) is 12.6 Å². The fourth-order valence-electron chi connectivity index (χ4n) is 1.90. The van der Waals surface area contributed by atoms with E-state index in [-0.39, 0.29) is 5.91 Å². The van der Waals surface area contributed by atoms with Crippen molar-refractivity contribution in [1.29, 1.82) is 0 Å². The van der Waals surface area contributed by atoms with E-state index in [4.69, 9.17) is 0 Å². The highest BCUT2D eigenvalue weighted by Crippen LogP contribution is 2.20. The quantitative estimate of drug-likeness (QED) is 0.788. The summed E-state index contributed by atoms with van der Waals surface area (Å²) in [5.74, 6) is 0.0356. The van der Waals surface area contributed by atoms with Crippen molar-refractivity contribution in [2.24, 2.45) is 0 Å². The van der Waals surface area contributed by atoms with E-state index in [1.807, 2.05) is 12.1 Å². The second-order valence-corrected chi connectivity index (χ2v) is 4.85. The topological polar surface area (TPSA) is 44.4 Å².